The highest BCUT2D eigenvalue weighted by Crippen LogP contribution is 2.23. The second kappa shape index (κ2) is 7.26. The van der Waals surface area contributed by atoms with Gasteiger partial charge in [0.25, 0.3) is 5.91 Å². The van der Waals surface area contributed by atoms with Crippen LogP contribution in [-0.4, -0.2) is 10.9 Å². The SMILES string of the molecule is N#Cc1ccc(Cc2cnc(NC(=O)c3ccccc3Cl)s2)cc1. The number of rotatable bonds is 4. The molecular weight excluding hydrogens is 342 g/mol. The molecule has 3 aromatic rings. The van der Waals surface area contributed by atoms with Gasteiger partial charge in [-0.15, -0.1) is 11.3 Å². The molecule has 3 rings (SSSR count). The number of nitriles is 1. The van der Waals surface area contributed by atoms with Crippen molar-refractivity contribution in [2.45, 2.75) is 6.42 Å². The van der Waals surface area contributed by atoms with Gasteiger partial charge in [-0.2, -0.15) is 5.26 Å². The van der Waals surface area contributed by atoms with Crippen molar-refractivity contribution < 1.29 is 4.79 Å². The minimum absolute atomic E-state index is 0.278. The zero-order valence-electron chi connectivity index (χ0n) is 12.5. The molecule has 6 heteroatoms. The Hall–Kier alpha value is -2.68. The normalized spacial score (nSPS) is 10.2. The highest BCUT2D eigenvalue weighted by atomic mass is 35.5. The van der Waals surface area contributed by atoms with Gasteiger partial charge in [-0.05, 0) is 29.8 Å². The maximum absolute atomic E-state index is 12.2. The van der Waals surface area contributed by atoms with Gasteiger partial charge in [0.2, 0.25) is 0 Å². The number of hydrogen-bond acceptors (Lipinski definition) is 4. The molecule has 0 unspecified atom stereocenters. The van der Waals surface area contributed by atoms with Crippen LogP contribution in [0.25, 0.3) is 0 Å². The first-order valence-corrected chi connectivity index (χ1v) is 8.35. The van der Waals surface area contributed by atoms with Crippen LogP contribution in [0, 0.1) is 11.3 Å². The maximum Gasteiger partial charge on any atom is 0.258 e. The molecule has 0 aliphatic carbocycles. The summed E-state index contributed by atoms with van der Waals surface area (Å²) in [6, 6.07) is 16.4. The van der Waals surface area contributed by atoms with Crippen LogP contribution in [0.4, 0.5) is 5.13 Å². The Morgan fingerprint density at radius 3 is 2.67 bits per heavy atom. The van der Waals surface area contributed by atoms with Gasteiger partial charge in [-0.25, -0.2) is 4.98 Å². The fourth-order valence-electron chi connectivity index (χ4n) is 2.16. The smallest absolute Gasteiger partial charge is 0.258 e. The van der Waals surface area contributed by atoms with E-state index in [4.69, 9.17) is 16.9 Å². The molecule has 0 spiro atoms. The summed E-state index contributed by atoms with van der Waals surface area (Å²) >= 11 is 7.44. The van der Waals surface area contributed by atoms with Crippen LogP contribution in [0.1, 0.15) is 26.4 Å². The van der Waals surface area contributed by atoms with Gasteiger partial charge in [-0.1, -0.05) is 35.9 Å². The third-order valence-electron chi connectivity index (χ3n) is 3.35. The topological polar surface area (TPSA) is 65.8 Å². The first kappa shape index (κ1) is 16.2. The van der Waals surface area contributed by atoms with E-state index in [2.05, 4.69) is 16.4 Å². The highest BCUT2D eigenvalue weighted by Gasteiger charge is 2.12. The first-order valence-electron chi connectivity index (χ1n) is 7.15. The number of carbonyl (C=O) groups is 1. The van der Waals surface area contributed by atoms with Gasteiger partial charge >= 0.3 is 0 Å². The lowest BCUT2D eigenvalue weighted by atomic mass is 10.1. The predicted octanol–water partition coefficient (Wildman–Crippen LogP) is 4.51. The predicted molar refractivity (Wildman–Crippen MR) is 95.5 cm³/mol. The fraction of sp³-hybridized carbons (Fsp3) is 0.0556. The Morgan fingerprint density at radius 2 is 1.96 bits per heavy atom. The fourth-order valence-corrected chi connectivity index (χ4v) is 3.22. The minimum atomic E-state index is -0.278. The van der Waals surface area contributed by atoms with Crippen LogP contribution in [0.2, 0.25) is 5.02 Å². The molecule has 0 saturated carbocycles. The van der Waals surface area contributed by atoms with Gasteiger partial charge < -0.3 is 0 Å². The van der Waals surface area contributed by atoms with E-state index in [0.29, 0.717) is 27.7 Å². The monoisotopic (exact) mass is 353 g/mol. The van der Waals surface area contributed by atoms with Crippen molar-refractivity contribution in [3.8, 4) is 6.07 Å². The number of carbonyl (C=O) groups excluding carboxylic acids is 1. The molecule has 0 aliphatic rings. The number of thiazole rings is 1. The van der Waals surface area contributed by atoms with E-state index >= 15 is 0 Å². The standard InChI is InChI=1S/C18H12ClN3OS/c19-16-4-2-1-3-15(16)17(23)22-18-21-11-14(24-18)9-12-5-7-13(10-20)8-6-12/h1-8,11H,9H2,(H,21,22,23). The quantitative estimate of drug-likeness (QED) is 0.750. The van der Waals surface area contributed by atoms with Crippen molar-refractivity contribution in [2.75, 3.05) is 5.32 Å². The Labute approximate surface area is 148 Å². The molecule has 0 fully saturated rings. The molecule has 0 aliphatic heterocycles. The largest absolute Gasteiger partial charge is 0.298 e. The molecule has 2 aromatic carbocycles. The van der Waals surface area contributed by atoms with Crippen LogP contribution >= 0.6 is 22.9 Å². The van der Waals surface area contributed by atoms with Crippen molar-refractivity contribution in [1.82, 2.24) is 4.98 Å². The molecule has 24 heavy (non-hydrogen) atoms. The zero-order chi connectivity index (χ0) is 16.9. The molecular formula is C18H12ClN3OS. The van der Waals surface area contributed by atoms with Crippen molar-refractivity contribution >= 4 is 34.0 Å². The third-order valence-corrected chi connectivity index (χ3v) is 4.60. The highest BCUT2D eigenvalue weighted by molar-refractivity contribution is 7.15. The van der Waals surface area contributed by atoms with Crippen LogP contribution in [0.15, 0.2) is 54.7 Å². The molecule has 0 atom stereocenters. The van der Waals surface area contributed by atoms with Crippen LogP contribution in [-0.2, 0) is 6.42 Å². The first-order chi connectivity index (χ1) is 11.7. The van der Waals surface area contributed by atoms with E-state index in [9.17, 15) is 4.79 Å². The van der Waals surface area contributed by atoms with E-state index < -0.39 is 0 Å². The number of aromatic nitrogens is 1. The lowest BCUT2D eigenvalue weighted by molar-refractivity contribution is 0.102. The molecule has 4 nitrogen and oxygen atoms in total. The van der Waals surface area contributed by atoms with Gasteiger partial charge in [0.05, 0.1) is 22.2 Å². The minimum Gasteiger partial charge on any atom is -0.298 e. The Morgan fingerprint density at radius 1 is 1.21 bits per heavy atom. The summed E-state index contributed by atoms with van der Waals surface area (Å²) in [5, 5.41) is 12.5. The van der Waals surface area contributed by atoms with E-state index in [-0.39, 0.29) is 5.91 Å². The summed E-state index contributed by atoms with van der Waals surface area (Å²) in [5.41, 5.74) is 2.14. The van der Waals surface area contributed by atoms with Crippen molar-refractivity contribution in [2.24, 2.45) is 0 Å². The number of nitrogens with one attached hydrogen (secondary N) is 1. The van der Waals surface area contributed by atoms with Crippen LogP contribution in [0.5, 0.6) is 0 Å². The average molecular weight is 354 g/mol. The van der Waals surface area contributed by atoms with Crippen LogP contribution < -0.4 is 5.32 Å². The number of nitrogens with zero attached hydrogens (tertiary/aromatic N) is 2. The third kappa shape index (κ3) is 3.80. The lowest BCUT2D eigenvalue weighted by Crippen LogP contribution is -2.11. The number of halogens is 1. The lowest BCUT2D eigenvalue weighted by Gasteiger charge is -2.03. The summed E-state index contributed by atoms with van der Waals surface area (Å²) in [4.78, 5) is 17.5. The van der Waals surface area contributed by atoms with E-state index in [1.54, 1.807) is 42.6 Å². The van der Waals surface area contributed by atoms with Gasteiger partial charge in [0, 0.05) is 17.5 Å². The van der Waals surface area contributed by atoms with Gasteiger partial charge in [-0.3, -0.25) is 10.1 Å². The number of hydrogen-bond donors (Lipinski definition) is 1. The molecule has 0 bridgehead atoms. The molecule has 1 heterocycles. The molecule has 1 aromatic heterocycles. The van der Waals surface area contributed by atoms with Crippen molar-refractivity contribution in [3.63, 3.8) is 0 Å². The van der Waals surface area contributed by atoms with Crippen LogP contribution in [0.3, 0.4) is 0 Å². The average Bonchev–Trinajstić information content (AvgIpc) is 3.02. The number of benzene rings is 2. The molecule has 0 saturated heterocycles. The summed E-state index contributed by atoms with van der Waals surface area (Å²) in [5.74, 6) is -0.278. The Kier molecular flexibility index (Phi) is 4.90. The molecule has 1 N–H and O–H groups in total. The van der Waals surface area contributed by atoms with E-state index in [1.807, 2.05) is 12.1 Å². The summed E-state index contributed by atoms with van der Waals surface area (Å²) in [6.45, 7) is 0. The van der Waals surface area contributed by atoms with Gasteiger partial charge in [0.15, 0.2) is 5.13 Å². The van der Waals surface area contributed by atoms with E-state index in [1.165, 1.54) is 11.3 Å². The molecule has 1 amide bonds. The Bertz CT molecular complexity index is 913. The zero-order valence-corrected chi connectivity index (χ0v) is 14.1. The van der Waals surface area contributed by atoms with Crippen molar-refractivity contribution in [1.29, 1.82) is 5.26 Å². The number of amides is 1. The molecule has 118 valence electrons. The summed E-state index contributed by atoms with van der Waals surface area (Å²) < 4.78 is 0. The van der Waals surface area contributed by atoms with Gasteiger partial charge in [0.1, 0.15) is 0 Å². The maximum atomic E-state index is 12.2. The summed E-state index contributed by atoms with van der Waals surface area (Å²) in [7, 11) is 0. The second-order valence-corrected chi connectivity index (χ2v) is 6.57. The number of anilines is 1. The summed E-state index contributed by atoms with van der Waals surface area (Å²) in [6.07, 6.45) is 2.44. The van der Waals surface area contributed by atoms with Crippen molar-refractivity contribution in [3.05, 3.63) is 81.3 Å². The molecule has 0 radical (unpaired) electrons. The second-order valence-electron chi connectivity index (χ2n) is 5.05. The Balaban J connectivity index is 1.68. The van der Waals surface area contributed by atoms with E-state index in [0.717, 1.165) is 10.4 Å².